The molecule has 1 aliphatic heterocycles. The third-order valence-electron chi connectivity index (χ3n) is 3.57. The minimum absolute atomic E-state index is 0.146. The van der Waals surface area contributed by atoms with E-state index in [9.17, 15) is 4.79 Å². The molecule has 1 aliphatic carbocycles. The van der Waals surface area contributed by atoms with Crippen molar-refractivity contribution in [2.75, 3.05) is 6.61 Å². The van der Waals surface area contributed by atoms with Crippen LogP contribution in [-0.4, -0.2) is 30.7 Å². The molecule has 0 radical (unpaired) electrons. The molecule has 2 fully saturated rings. The van der Waals surface area contributed by atoms with E-state index in [1.165, 1.54) is 0 Å². The van der Waals surface area contributed by atoms with Crippen molar-refractivity contribution in [2.24, 2.45) is 5.73 Å². The van der Waals surface area contributed by atoms with Crippen LogP contribution in [-0.2, 0) is 9.53 Å². The smallest absolute Gasteiger partial charge is 0.222 e. The molecule has 1 amide bonds. The first-order valence-corrected chi connectivity index (χ1v) is 6.40. The summed E-state index contributed by atoms with van der Waals surface area (Å²) in [6.45, 7) is 0.816. The Balaban J connectivity index is 1.66. The highest BCUT2D eigenvalue weighted by molar-refractivity contribution is 5.76. The quantitative estimate of drug-likeness (QED) is 0.753. The second-order valence-corrected chi connectivity index (χ2v) is 5.02. The van der Waals surface area contributed by atoms with Crippen LogP contribution in [0, 0.1) is 0 Å². The summed E-state index contributed by atoms with van der Waals surface area (Å²) < 4.78 is 5.45. The maximum Gasteiger partial charge on any atom is 0.222 e. The van der Waals surface area contributed by atoms with Gasteiger partial charge in [-0.15, -0.1) is 0 Å². The van der Waals surface area contributed by atoms with E-state index in [1.54, 1.807) is 0 Å². The summed E-state index contributed by atoms with van der Waals surface area (Å²) >= 11 is 0. The van der Waals surface area contributed by atoms with Gasteiger partial charge in [0.15, 0.2) is 0 Å². The summed E-state index contributed by atoms with van der Waals surface area (Å²) in [6.07, 6.45) is 6.93. The second kappa shape index (κ2) is 5.64. The monoisotopic (exact) mass is 226 g/mol. The zero-order chi connectivity index (χ0) is 11.4. The van der Waals surface area contributed by atoms with Gasteiger partial charge in [-0.3, -0.25) is 4.79 Å². The van der Waals surface area contributed by atoms with Crippen LogP contribution in [0.5, 0.6) is 0 Å². The molecule has 1 saturated carbocycles. The molecule has 2 rings (SSSR count). The van der Waals surface area contributed by atoms with Crippen LogP contribution in [0.15, 0.2) is 0 Å². The molecular formula is C12H22N2O2. The molecule has 4 heteroatoms. The van der Waals surface area contributed by atoms with Crippen LogP contribution in [0.3, 0.4) is 0 Å². The number of rotatable bonds is 3. The standard InChI is InChI=1S/C12H22N2O2/c13-9-3-5-10(6-4-9)14-12(15)8-11-2-1-7-16-11/h9-11H,1-8,13H2,(H,14,15). The minimum Gasteiger partial charge on any atom is -0.378 e. The van der Waals surface area contributed by atoms with E-state index in [2.05, 4.69) is 5.32 Å². The van der Waals surface area contributed by atoms with E-state index < -0.39 is 0 Å². The number of carbonyl (C=O) groups is 1. The first-order chi connectivity index (χ1) is 7.74. The molecule has 3 N–H and O–H groups in total. The normalized spacial score (nSPS) is 34.9. The van der Waals surface area contributed by atoms with Gasteiger partial charge in [0.2, 0.25) is 5.91 Å². The van der Waals surface area contributed by atoms with E-state index in [0.29, 0.717) is 18.5 Å². The number of hydrogen-bond acceptors (Lipinski definition) is 3. The summed E-state index contributed by atoms with van der Waals surface area (Å²) in [4.78, 5) is 11.7. The van der Waals surface area contributed by atoms with Crippen molar-refractivity contribution in [3.8, 4) is 0 Å². The maximum atomic E-state index is 11.7. The molecule has 92 valence electrons. The highest BCUT2D eigenvalue weighted by Gasteiger charge is 2.23. The Labute approximate surface area is 96.9 Å². The molecule has 0 aromatic heterocycles. The second-order valence-electron chi connectivity index (χ2n) is 5.02. The lowest BCUT2D eigenvalue weighted by atomic mass is 9.91. The van der Waals surface area contributed by atoms with E-state index in [-0.39, 0.29) is 12.0 Å². The highest BCUT2D eigenvalue weighted by atomic mass is 16.5. The first-order valence-electron chi connectivity index (χ1n) is 6.40. The van der Waals surface area contributed by atoms with Crippen LogP contribution in [0.2, 0.25) is 0 Å². The van der Waals surface area contributed by atoms with Gasteiger partial charge in [0.1, 0.15) is 0 Å². The Morgan fingerprint density at radius 3 is 2.62 bits per heavy atom. The topological polar surface area (TPSA) is 64.3 Å². The number of carbonyl (C=O) groups excluding carboxylic acids is 1. The molecule has 4 nitrogen and oxygen atoms in total. The number of hydrogen-bond donors (Lipinski definition) is 2. The molecule has 1 heterocycles. The van der Waals surface area contributed by atoms with Crippen molar-refractivity contribution >= 4 is 5.91 Å². The Kier molecular flexibility index (Phi) is 4.18. The predicted molar refractivity (Wildman–Crippen MR) is 62.0 cm³/mol. The third-order valence-corrected chi connectivity index (χ3v) is 3.57. The fourth-order valence-electron chi connectivity index (χ4n) is 2.56. The number of amides is 1. The molecule has 0 spiro atoms. The van der Waals surface area contributed by atoms with Crippen LogP contribution >= 0.6 is 0 Å². The Bertz CT molecular complexity index is 231. The molecule has 0 aromatic carbocycles. The molecule has 0 bridgehead atoms. The fourth-order valence-corrected chi connectivity index (χ4v) is 2.56. The summed E-state index contributed by atoms with van der Waals surface area (Å²) in [5.74, 6) is 0.146. The number of ether oxygens (including phenoxy) is 1. The Hall–Kier alpha value is -0.610. The van der Waals surface area contributed by atoms with Crippen molar-refractivity contribution in [3.63, 3.8) is 0 Å². The highest BCUT2D eigenvalue weighted by Crippen LogP contribution is 2.18. The lowest BCUT2D eigenvalue weighted by Gasteiger charge is -2.27. The van der Waals surface area contributed by atoms with Crippen molar-refractivity contribution in [1.82, 2.24) is 5.32 Å². The average Bonchev–Trinajstić information content (AvgIpc) is 2.74. The van der Waals surface area contributed by atoms with Crippen LogP contribution in [0.4, 0.5) is 0 Å². The molecule has 0 aromatic rings. The molecule has 2 aliphatic rings. The van der Waals surface area contributed by atoms with Crippen LogP contribution < -0.4 is 11.1 Å². The summed E-state index contributed by atoms with van der Waals surface area (Å²) in [7, 11) is 0. The first kappa shape index (κ1) is 11.9. The van der Waals surface area contributed by atoms with E-state index in [0.717, 1.165) is 45.1 Å². The fraction of sp³-hybridized carbons (Fsp3) is 0.917. The number of nitrogens with one attached hydrogen (secondary N) is 1. The Morgan fingerprint density at radius 1 is 1.25 bits per heavy atom. The van der Waals surface area contributed by atoms with Gasteiger partial charge >= 0.3 is 0 Å². The van der Waals surface area contributed by atoms with Gasteiger partial charge in [-0.1, -0.05) is 0 Å². The molecule has 1 saturated heterocycles. The predicted octanol–water partition coefficient (Wildman–Crippen LogP) is 0.942. The van der Waals surface area contributed by atoms with E-state index in [4.69, 9.17) is 10.5 Å². The largest absolute Gasteiger partial charge is 0.378 e. The zero-order valence-electron chi connectivity index (χ0n) is 9.78. The van der Waals surface area contributed by atoms with Gasteiger partial charge in [-0.05, 0) is 38.5 Å². The van der Waals surface area contributed by atoms with Gasteiger partial charge in [0.25, 0.3) is 0 Å². The zero-order valence-corrected chi connectivity index (χ0v) is 9.78. The van der Waals surface area contributed by atoms with Crippen molar-refractivity contribution < 1.29 is 9.53 Å². The molecule has 16 heavy (non-hydrogen) atoms. The van der Waals surface area contributed by atoms with Gasteiger partial charge in [-0.2, -0.15) is 0 Å². The molecular weight excluding hydrogens is 204 g/mol. The van der Waals surface area contributed by atoms with Gasteiger partial charge in [0, 0.05) is 18.7 Å². The van der Waals surface area contributed by atoms with Crippen LogP contribution in [0.1, 0.15) is 44.9 Å². The lowest BCUT2D eigenvalue weighted by Crippen LogP contribution is -2.41. The third kappa shape index (κ3) is 3.46. The van der Waals surface area contributed by atoms with E-state index in [1.807, 2.05) is 0 Å². The van der Waals surface area contributed by atoms with Crippen LogP contribution in [0.25, 0.3) is 0 Å². The SMILES string of the molecule is NC1CCC(NC(=O)CC2CCCO2)CC1. The minimum atomic E-state index is 0.146. The van der Waals surface area contributed by atoms with Gasteiger partial charge in [0.05, 0.1) is 12.5 Å². The molecule has 1 atom stereocenters. The van der Waals surface area contributed by atoms with Gasteiger partial charge in [-0.25, -0.2) is 0 Å². The Morgan fingerprint density at radius 2 is 2.00 bits per heavy atom. The van der Waals surface area contributed by atoms with Crippen molar-refractivity contribution in [3.05, 3.63) is 0 Å². The maximum absolute atomic E-state index is 11.7. The van der Waals surface area contributed by atoms with Gasteiger partial charge < -0.3 is 15.8 Å². The lowest BCUT2D eigenvalue weighted by molar-refractivity contribution is -0.124. The summed E-state index contributed by atoms with van der Waals surface area (Å²) in [5, 5.41) is 3.09. The van der Waals surface area contributed by atoms with Crippen molar-refractivity contribution in [1.29, 1.82) is 0 Å². The summed E-state index contributed by atoms with van der Waals surface area (Å²) in [5.41, 5.74) is 5.83. The molecule has 1 unspecified atom stereocenters. The summed E-state index contributed by atoms with van der Waals surface area (Å²) in [6, 6.07) is 0.681. The van der Waals surface area contributed by atoms with E-state index >= 15 is 0 Å². The average molecular weight is 226 g/mol. The number of nitrogens with two attached hydrogens (primary N) is 1. The van der Waals surface area contributed by atoms with Crippen molar-refractivity contribution in [2.45, 2.75) is 63.1 Å².